The normalized spacial score (nSPS) is 12.3. The SMILES string of the molecule is Cc1nc2c(Cl)cc(I)nc2n1COCC[Si](C)(C)C. The fourth-order valence-electron chi connectivity index (χ4n) is 1.82. The van der Waals surface area contributed by atoms with Gasteiger partial charge in [-0.05, 0) is 41.6 Å². The summed E-state index contributed by atoms with van der Waals surface area (Å²) in [4.78, 5) is 8.99. The van der Waals surface area contributed by atoms with Crippen molar-refractivity contribution in [2.45, 2.75) is 39.3 Å². The predicted molar refractivity (Wildman–Crippen MR) is 94.1 cm³/mol. The second-order valence-electron chi connectivity index (χ2n) is 6.03. The average molecular weight is 424 g/mol. The number of imidazole rings is 1. The molecule has 2 heterocycles. The van der Waals surface area contributed by atoms with Crippen molar-refractivity contribution in [1.29, 1.82) is 0 Å². The van der Waals surface area contributed by atoms with Crippen molar-refractivity contribution in [3.05, 3.63) is 20.6 Å². The third-order valence-corrected chi connectivity index (χ3v) is 5.58. The van der Waals surface area contributed by atoms with Gasteiger partial charge in [-0.3, -0.25) is 4.57 Å². The van der Waals surface area contributed by atoms with E-state index in [9.17, 15) is 0 Å². The van der Waals surface area contributed by atoms with Crippen LogP contribution in [0.4, 0.5) is 0 Å². The van der Waals surface area contributed by atoms with Crippen molar-refractivity contribution < 1.29 is 4.74 Å². The lowest BCUT2D eigenvalue weighted by atomic mass is 10.4. The monoisotopic (exact) mass is 423 g/mol. The van der Waals surface area contributed by atoms with E-state index in [2.05, 4.69) is 52.2 Å². The van der Waals surface area contributed by atoms with E-state index in [1.54, 1.807) is 0 Å². The van der Waals surface area contributed by atoms with Gasteiger partial charge in [0.25, 0.3) is 0 Å². The number of nitrogens with zero attached hydrogens (tertiary/aromatic N) is 3. The highest BCUT2D eigenvalue weighted by molar-refractivity contribution is 14.1. The lowest BCUT2D eigenvalue weighted by Gasteiger charge is -2.15. The summed E-state index contributed by atoms with van der Waals surface area (Å²) >= 11 is 8.38. The standard InChI is InChI=1S/C13H19ClIN3OSi/c1-9-16-12-10(14)7-11(15)17-13(12)18(9)8-19-5-6-20(2,3)4/h7H,5-6,8H2,1-4H3. The van der Waals surface area contributed by atoms with Crippen LogP contribution in [0.5, 0.6) is 0 Å². The molecule has 0 bridgehead atoms. The molecule has 0 unspecified atom stereocenters. The van der Waals surface area contributed by atoms with Crippen molar-refractivity contribution in [2.24, 2.45) is 0 Å². The van der Waals surface area contributed by atoms with Gasteiger partial charge in [-0.2, -0.15) is 0 Å². The second kappa shape index (κ2) is 6.29. The first-order valence-corrected chi connectivity index (χ1v) is 11.7. The van der Waals surface area contributed by atoms with Gasteiger partial charge in [0.15, 0.2) is 5.65 Å². The molecule has 4 nitrogen and oxygen atoms in total. The van der Waals surface area contributed by atoms with E-state index in [1.807, 2.05) is 17.6 Å². The molecule has 0 aromatic carbocycles. The van der Waals surface area contributed by atoms with Crippen LogP contribution in [0.15, 0.2) is 6.07 Å². The molecule has 0 radical (unpaired) electrons. The van der Waals surface area contributed by atoms with E-state index in [-0.39, 0.29) is 0 Å². The van der Waals surface area contributed by atoms with Crippen molar-refractivity contribution in [3.63, 3.8) is 0 Å². The van der Waals surface area contributed by atoms with Crippen LogP contribution in [-0.2, 0) is 11.5 Å². The third kappa shape index (κ3) is 3.93. The Bertz CT molecular complexity index is 624. The summed E-state index contributed by atoms with van der Waals surface area (Å²) in [5.74, 6) is 0.879. The van der Waals surface area contributed by atoms with Crippen LogP contribution in [-0.4, -0.2) is 29.2 Å². The Kier molecular flexibility index (Phi) is 5.09. The molecule has 0 amide bonds. The summed E-state index contributed by atoms with van der Waals surface area (Å²) in [6.45, 7) is 10.3. The lowest BCUT2D eigenvalue weighted by molar-refractivity contribution is 0.0881. The number of pyridine rings is 1. The van der Waals surface area contributed by atoms with E-state index in [0.29, 0.717) is 11.8 Å². The highest BCUT2D eigenvalue weighted by atomic mass is 127. The number of halogens is 2. The molecule has 0 fully saturated rings. The predicted octanol–water partition coefficient (Wildman–Crippen LogP) is 4.31. The van der Waals surface area contributed by atoms with E-state index in [0.717, 1.165) is 33.3 Å². The van der Waals surface area contributed by atoms with Crippen LogP contribution in [0.2, 0.25) is 30.7 Å². The molecule has 0 N–H and O–H groups in total. The number of hydrogen-bond donors (Lipinski definition) is 0. The molecule has 2 aromatic heterocycles. The largest absolute Gasteiger partial charge is 0.361 e. The number of aromatic nitrogens is 3. The molecule has 0 aliphatic carbocycles. The topological polar surface area (TPSA) is 39.9 Å². The maximum absolute atomic E-state index is 6.21. The maximum atomic E-state index is 6.21. The molecule has 0 saturated heterocycles. The zero-order valence-electron chi connectivity index (χ0n) is 12.2. The van der Waals surface area contributed by atoms with E-state index < -0.39 is 8.07 Å². The minimum atomic E-state index is -1.05. The fraction of sp³-hybridized carbons (Fsp3) is 0.538. The molecule has 20 heavy (non-hydrogen) atoms. The van der Waals surface area contributed by atoms with Crippen molar-refractivity contribution in [2.75, 3.05) is 6.61 Å². The van der Waals surface area contributed by atoms with E-state index >= 15 is 0 Å². The molecule has 0 atom stereocenters. The smallest absolute Gasteiger partial charge is 0.164 e. The fourth-order valence-corrected chi connectivity index (χ4v) is 3.53. The molecular formula is C13H19ClIN3OSi. The Balaban J connectivity index is 2.16. The minimum Gasteiger partial charge on any atom is -0.361 e. The summed E-state index contributed by atoms with van der Waals surface area (Å²) in [6, 6.07) is 2.98. The Morgan fingerprint density at radius 2 is 2.05 bits per heavy atom. The van der Waals surface area contributed by atoms with Crippen LogP contribution in [0, 0.1) is 10.6 Å². The van der Waals surface area contributed by atoms with Crippen molar-refractivity contribution >= 4 is 53.4 Å². The number of aryl methyl sites for hydroxylation is 1. The Morgan fingerprint density at radius 1 is 1.35 bits per heavy atom. The molecule has 0 spiro atoms. The summed E-state index contributed by atoms with van der Waals surface area (Å²) < 4.78 is 8.64. The van der Waals surface area contributed by atoms with Gasteiger partial charge in [0.2, 0.25) is 0 Å². The van der Waals surface area contributed by atoms with Crippen LogP contribution in [0.1, 0.15) is 5.82 Å². The molecule has 7 heteroatoms. The Labute approximate surface area is 139 Å². The van der Waals surface area contributed by atoms with Crippen LogP contribution < -0.4 is 0 Å². The third-order valence-electron chi connectivity index (χ3n) is 3.03. The highest BCUT2D eigenvalue weighted by Gasteiger charge is 2.15. The van der Waals surface area contributed by atoms with Gasteiger partial charge in [-0.15, -0.1) is 0 Å². The molecule has 0 aliphatic heterocycles. The second-order valence-corrected chi connectivity index (χ2v) is 13.2. The first kappa shape index (κ1) is 16.2. The van der Waals surface area contributed by atoms with Crippen LogP contribution in [0.25, 0.3) is 11.2 Å². The molecule has 110 valence electrons. The van der Waals surface area contributed by atoms with Gasteiger partial charge in [-0.1, -0.05) is 31.2 Å². The minimum absolute atomic E-state index is 0.482. The van der Waals surface area contributed by atoms with Gasteiger partial charge in [0.1, 0.15) is 21.8 Å². The number of rotatable bonds is 5. The number of fused-ring (bicyclic) bond motifs is 1. The zero-order chi connectivity index (χ0) is 14.9. The summed E-state index contributed by atoms with van der Waals surface area (Å²) in [7, 11) is -1.05. The van der Waals surface area contributed by atoms with Gasteiger partial charge in [0.05, 0.1) is 5.02 Å². The first-order chi connectivity index (χ1) is 9.28. The highest BCUT2D eigenvalue weighted by Crippen LogP contribution is 2.24. The summed E-state index contributed by atoms with van der Waals surface area (Å²) in [5, 5.41) is 0.642. The van der Waals surface area contributed by atoms with Gasteiger partial charge < -0.3 is 4.74 Å². The summed E-state index contributed by atoms with van der Waals surface area (Å²) in [5.41, 5.74) is 1.55. The van der Waals surface area contributed by atoms with Crippen LogP contribution in [0.3, 0.4) is 0 Å². The molecule has 0 saturated carbocycles. The average Bonchev–Trinajstić information content (AvgIpc) is 2.61. The molecule has 2 rings (SSSR count). The van der Waals surface area contributed by atoms with E-state index in [4.69, 9.17) is 16.3 Å². The Hall–Kier alpha value is -0.183. The number of hydrogen-bond acceptors (Lipinski definition) is 3. The van der Waals surface area contributed by atoms with Crippen molar-refractivity contribution in [3.8, 4) is 0 Å². The lowest BCUT2D eigenvalue weighted by Crippen LogP contribution is -2.22. The maximum Gasteiger partial charge on any atom is 0.164 e. The first-order valence-electron chi connectivity index (χ1n) is 6.54. The van der Waals surface area contributed by atoms with Crippen LogP contribution >= 0.6 is 34.2 Å². The molecular weight excluding hydrogens is 405 g/mol. The zero-order valence-corrected chi connectivity index (χ0v) is 16.1. The van der Waals surface area contributed by atoms with E-state index in [1.165, 1.54) is 0 Å². The van der Waals surface area contributed by atoms with Gasteiger partial charge in [0, 0.05) is 14.7 Å². The molecule has 0 aliphatic rings. The quantitative estimate of drug-likeness (QED) is 0.311. The van der Waals surface area contributed by atoms with Crippen molar-refractivity contribution in [1.82, 2.24) is 14.5 Å². The van der Waals surface area contributed by atoms with Gasteiger partial charge >= 0.3 is 0 Å². The molecule has 2 aromatic rings. The van der Waals surface area contributed by atoms with Gasteiger partial charge in [-0.25, -0.2) is 9.97 Å². The number of ether oxygens (including phenoxy) is 1. The summed E-state index contributed by atoms with van der Waals surface area (Å²) in [6.07, 6.45) is 0. The Morgan fingerprint density at radius 3 is 2.70 bits per heavy atom.